The van der Waals surface area contributed by atoms with E-state index in [1.807, 2.05) is 31.2 Å². The summed E-state index contributed by atoms with van der Waals surface area (Å²) in [6.07, 6.45) is 6.39. The Morgan fingerprint density at radius 2 is 1.83 bits per heavy atom. The fourth-order valence-electron chi connectivity index (χ4n) is 6.08. The zero-order chi connectivity index (χ0) is 24.9. The summed E-state index contributed by atoms with van der Waals surface area (Å²) < 4.78 is 9.53. The lowest BCUT2D eigenvalue weighted by Gasteiger charge is -2.42. The van der Waals surface area contributed by atoms with Gasteiger partial charge in [0.05, 0.1) is 18.5 Å². The predicted molar refractivity (Wildman–Crippen MR) is 145 cm³/mol. The average molecular weight is 499 g/mol. The lowest BCUT2D eigenvalue weighted by atomic mass is 9.62. The molecule has 2 heterocycles. The molecular weight excluding hydrogens is 468 g/mol. The lowest BCUT2D eigenvalue weighted by molar-refractivity contribution is 0.284. The quantitative estimate of drug-likeness (QED) is 0.250. The molecule has 2 aromatic carbocycles. The smallest absolute Gasteiger partial charge is 0.264 e. The molecule has 2 aromatic heterocycles. The van der Waals surface area contributed by atoms with Crippen molar-refractivity contribution in [2.45, 2.75) is 56.0 Å². The van der Waals surface area contributed by atoms with Gasteiger partial charge in [0, 0.05) is 22.3 Å². The molecule has 0 bridgehead atoms. The van der Waals surface area contributed by atoms with Crippen LogP contribution in [0, 0.1) is 0 Å². The van der Waals surface area contributed by atoms with Gasteiger partial charge in [-0.15, -0.1) is 10.2 Å². The molecule has 0 radical (unpaired) electrons. The van der Waals surface area contributed by atoms with Crippen LogP contribution in [0.15, 0.2) is 70.6 Å². The molecule has 1 saturated carbocycles. The highest BCUT2D eigenvalue weighted by molar-refractivity contribution is 7.99. The van der Waals surface area contributed by atoms with Crippen LogP contribution < -0.4 is 10.3 Å². The van der Waals surface area contributed by atoms with Crippen LogP contribution in [-0.2, 0) is 11.8 Å². The SMILES string of the molecule is C=C(C)CSc1nnc2n(-c3ccccc3OC)c(=O)c3c(n12)-c1ccccc1CC31CCCCC1. The summed E-state index contributed by atoms with van der Waals surface area (Å²) in [6, 6.07) is 16.2. The van der Waals surface area contributed by atoms with Gasteiger partial charge in [-0.1, -0.05) is 79.6 Å². The first kappa shape index (κ1) is 23.1. The molecule has 6 rings (SSSR count). The lowest BCUT2D eigenvalue weighted by Crippen LogP contribution is -2.43. The van der Waals surface area contributed by atoms with Crippen LogP contribution in [0.5, 0.6) is 5.75 Å². The fraction of sp³-hybridized carbons (Fsp3) is 0.345. The van der Waals surface area contributed by atoms with Crippen LogP contribution in [0.25, 0.3) is 22.7 Å². The molecule has 0 saturated heterocycles. The first-order valence-electron chi connectivity index (χ1n) is 12.6. The summed E-state index contributed by atoms with van der Waals surface area (Å²) in [5, 5.41) is 9.97. The Morgan fingerprint density at radius 3 is 2.61 bits per heavy atom. The van der Waals surface area contributed by atoms with Gasteiger partial charge in [0.15, 0.2) is 5.16 Å². The van der Waals surface area contributed by atoms with E-state index < -0.39 is 0 Å². The van der Waals surface area contributed by atoms with E-state index >= 15 is 0 Å². The van der Waals surface area contributed by atoms with Crippen molar-refractivity contribution in [2.24, 2.45) is 0 Å². The van der Waals surface area contributed by atoms with Gasteiger partial charge in [-0.3, -0.25) is 9.20 Å². The summed E-state index contributed by atoms with van der Waals surface area (Å²) in [6.45, 7) is 6.09. The second kappa shape index (κ2) is 8.96. The number of hydrogen-bond acceptors (Lipinski definition) is 5. The van der Waals surface area contributed by atoms with Gasteiger partial charge < -0.3 is 4.74 Å². The Bertz CT molecular complexity index is 1540. The van der Waals surface area contributed by atoms with Gasteiger partial charge in [0.1, 0.15) is 5.75 Å². The predicted octanol–water partition coefficient (Wildman–Crippen LogP) is 5.98. The Labute approximate surface area is 215 Å². The van der Waals surface area contributed by atoms with Gasteiger partial charge in [0.2, 0.25) is 5.78 Å². The number of nitrogens with zero attached hydrogens (tertiary/aromatic N) is 4. The van der Waals surface area contributed by atoms with Crippen molar-refractivity contribution in [3.05, 3.63) is 82.2 Å². The number of rotatable bonds is 5. The standard InChI is InChI=1S/C29H30N4O2S/c1-19(2)18-36-28-31-30-27-32(22-13-7-8-14-23(22)35-3)26(34)24-25(33(27)28)21-12-6-5-11-20(21)17-29(24)15-9-4-10-16-29/h5-8,11-14H,1,4,9-10,15-18H2,2-3H3. The molecule has 7 heteroatoms. The number of thioether (sulfide) groups is 1. The Balaban J connectivity index is 1.77. The fourth-order valence-corrected chi connectivity index (χ4v) is 6.85. The number of benzene rings is 2. The van der Waals surface area contributed by atoms with Crippen molar-refractivity contribution >= 4 is 17.5 Å². The molecular formula is C29H30N4O2S. The molecule has 4 aromatic rings. The normalized spacial score (nSPS) is 16.1. The van der Waals surface area contributed by atoms with Crippen molar-refractivity contribution < 1.29 is 4.74 Å². The van der Waals surface area contributed by atoms with Crippen molar-refractivity contribution in [1.82, 2.24) is 19.2 Å². The van der Waals surface area contributed by atoms with Crippen LogP contribution in [0.3, 0.4) is 0 Å². The van der Waals surface area contributed by atoms with Crippen molar-refractivity contribution in [2.75, 3.05) is 12.9 Å². The topological polar surface area (TPSA) is 61.4 Å². The van der Waals surface area contributed by atoms with Crippen LogP contribution in [0.2, 0.25) is 0 Å². The number of para-hydroxylation sites is 2. The zero-order valence-electron chi connectivity index (χ0n) is 20.8. The maximum Gasteiger partial charge on any atom is 0.264 e. The Kier molecular flexibility index (Phi) is 5.75. The number of methoxy groups -OCH3 is 1. The maximum absolute atomic E-state index is 14.7. The third kappa shape index (κ3) is 3.52. The highest BCUT2D eigenvalue weighted by atomic mass is 32.2. The Hall–Kier alpha value is -3.32. The van der Waals surface area contributed by atoms with Gasteiger partial charge >= 0.3 is 0 Å². The third-order valence-electron chi connectivity index (χ3n) is 7.61. The molecule has 1 fully saturated rings. The van der Waals surface area contributed by atoms with Gasteiger partial charge in [0.25, 0.3) is 5.56 Å². The molecule has 2 aliphatic rings. The van der Waals surface area contributed by atoms with E-state index in [0.717, 1.165) is 65.4 Å². The first-order valence-corrected chi connectivity index (χ1v) is 13.6. The maximum atomic E-state index is 14.7. The van der Waals surface area contributed by atoms with Crippen LogP contribution in [0.4, 0.5) is 0 Å². The average Bonchev–Trinajstić information content (AvgIpc) is 3.31. The summed E-state index contributed by atoms with van der Waals surface area (Å²) in [4.78, 5) is 14.7. The molecule has 0 amide bonds. The minimum absolute atomic E-state index is 0.0118. The molecule has 36 heavy (non-hydrogen) atoms. The monoisotopic (exact) mass is 498 g/mol. The second-order valence-electron chi connectivity index (χ2n) is 10.1. The van der Waals surface area contributed by atoms with E-state index in [1.165, 1.54) is 12.0 Å². The highest BCUT2D eigenvalue weighted by Crippen LogP contribution is 2.49. The van der Waals surface area contributed by atoms with Crippen molar-refractivity contribution in [1.29, 1.82) is 0 Å². The number of hydrogen-bond donors (Lipinski definition) is 0. The molecule has 2 aliphatic carbocycles. The van der Waals surface area contributed by atoms with Crippen LogP contribution in [0.1, 0.15) is 50.2 Å². The van der Waals surface area contributed by atoms with Crippen LogP contribution in [-0.4, -0.2) is 32.0 Å². The summed E-state index contributed by atoms with van der Waals surface area (Å²) in [5.41, 5.74) is 5.80. The number of aromatic nitrogens is 4. The second-order valence-corrected chi connectivity index (χ2v) is 11.0. The van der Waals surface area contributed by atoms with E-state index in [4.69, 9.17) is 4.74 Å². The molecule has 0 N–H and O–H groups in total. The highest BCUT2D eigenvalue weighted by Gasteiger charge is 2.44. The minimum atomic E-state index is -0.197. The summed E-state index contributed by atoms with van der Waals surface area (Å²) >= 11 is 1.61. The number of ether oxygens (including phenoxy) is 1. The van der Waals surface area contributed by atoms with E-state index in [2.05, 4.69) is 45.4 Å². The van der Waals surface area contributed by atoms with E-state index in [-0.39, 0.29) is 11.0 Å². The van der Waals surface area contributed by atoms with Gasteiger partial charge in [-0.25, -0.2) is 4.57 Å². The van der Waals surface area contributed by atoms with E-state index in [0.29, 0.717) is 17.2 Å². The van der Waals surface area contributed by atoms with Crippen molar-refractivity contribution in [3.8, 4) is 22.7 Å². The van der Waals surface area contributed by atoms with E-state index in [9.17, 15) is 4.79 Å². The van der Waals surface area contributed by atoms with Crippen molar-refractivity contribution in [3.63, 3.8) is 0 Å². The molecule has 0 atom stereocenters. The largest absolute Gasteiger partial charge is 0.495 e. The summed E-state index contributed by atoms with van der Waals surface area (Å²) in [7, 11) is 1.64. The molecule has 1 spiro atoms. The number of fused-ring (bicyclic) bond motifs is 6. The Morgan fingerprint density at radius 1 is 1.08 bits per heavy atom. The van der Waals surface area contributed by atoms with Gasteiger partial charge in [-0.05, 0) is 43.9 Å². The zero-order valence-corrected chi connectivity index (χ0v) is 21.6. The molecule has 0 aliphatic heterocycles. The minimum Gasteiger partial charge on any atom is -0.495 e. The summed E-state index contributed by atoms with van der Waals surface area (Å²) in [5.74, 6) is 1.88. The first-order chi connectivity index (χ1) is 17.5. The van der Waals surface area contributed by atoms with Gasteiger partial charge in [-0.2, -0.15) is 0 Å². The van der Waals surface area contributed by atoms with E-state index in [1.54, 1.807) is 23.4 Å². The third-order valence-corrected chi connectivity index (χ3v) is 8.77. The molecule has 6 nitrogen and oxygen atoms in total. The van der Waals surface area contributed by atoms with Crippen LogP contribution >= 0.6 is 11.8 Å². The molecule has 0 unspecified atom stereocenters. The molecule has 184 valence electrons.